The summed E-state index contributed by atoms with van der Waals surface area (Å²) in [6.45, 7) is 12.2. The van der Waals surface area contributed by atoms with E-state index in [1.165, 1.54) is 40.2 Å². The van der Waals surface area contributed by atoms with E-state index in [0.717, 1.165) is 36.6 Å². The van der Waals surface area contributed by atoms with Gasteiger partial charge in [-0.05, 0) is 50.5 Å². The zero-order chi connectivity index (χ0) is 21.1. The third kappa shape index (κ3) is 4.62. The number of carbonyl (C=O) groups is 2. The lowest BCUT2D eigenvalue weighted by Crippen LogP contribution is -3.15. The number of amides is 1. The highest BCUT2D eigenvalue weighted by Crippen LogP contribution is 2.32. The van der Waals surface area contributed by atoms with E-state index in [1.807, 2.05) is 13.8 Å². The Hall–Kier alpha value is -2.38. The number of methoxy groups -OCH3 is 1. The van der Waals surface area contributed by atoms with Gasteiger partial charge in [-0.1, -0.05) is 12.1 Å². The molecule has 0 unspecified atom stereocenters. The van der Waals surface area contributed by atoms with Gasteiger partial charge in [0.05, 0.1) is 38.9 Å². The fourth-order valence-electron chi connectivity index (χ4n) is 3.78. The van der Waals surface area contributed by atoms with Crippen LogP contribution in [0.3, 0.4) is 0 Å². The van der Waals surface area contributed by atoms with Gasteiger partial charge < -0.3 is 19.9 Å². The van der Waals surface area contributed by atoms with Gasteiger partial charge in [-0.3, -0.25) is 4.79 Å². The first-order chi connectivity index (χ1) is 13.8. The zero-order valence-electron chi connectivity index (χ0n) is 17.8. The monoisotopic (exact) mass is 416 g/mol. The molecule has 1 aliphatic heterocycles. The fraction of sp³-hybridized carbons (Fsp3) is 0.455. The van der Waals surface area contributed by atoms with E-state index in [2.05, 4.69) is 42.3 Å². The molecule has 2 aromatic rings. The first-order valence-electron chi connectivity index (χ1n) is 9.94. The van der Waals surface area contributed by atoms with Crippen molar-refractivity contribution in [2.75, 3.05) is 50.1 Å². The summed E-state index contributed by atoms with van der Waals surface area (Å²) in [6, 6.07) is 6.42. The smallest absolute Gasteiger partial charge is 0.341 e. The second-order valence-electron chi connectivity index (χ2n) is 7.66. The van der Waals surface area contributed by atoms with Crippen molar-refractivity contribution in [3.63, 3.8) is 0 Å². The lowest BCUT2D eigenvalue weighted by molar-refractivity contribution is -0.892. The second kappa shape index (κ2) is 8.97. The molecule has 0 bridgehead atoms. The Morgan fingerprint density at radius 2 is 1.83 bits per heavy atom. The molecule has 2 heterocycles. The number of carbonyl (C=O) groups excluding carboxylic acids is 2. The molecule has 0 spiro atoms. The van der Waals surface area contributed by atoms with Crippen LogP contribution in [-0.4, -0.2) is 51.7 Å². The van der Waals surface area contributed by atoms with Crippen LogP contribution >= 0.6 is 11.3 Å². The summed E-state index contributed by atoms with van der Waals surface area (Å²) < 4.78 is 4.88. The first-order valence-corrected chi connectivity index (χ1v) is 10.8. The molecule has 0 atom stereocenters. The van der Waals surface area contributed by atoms with Crippen molar-refractivity contribution < 1.29 is 19.2 Å². The van der Waals surface area contributed by atoms with E-state index in [0.29, 0.717) is 17.1 Å². The molecule has 1 fully saturated rings. The highest BCUT2D eigenvalue weighted by molar-refractivity contribution is 7.16. The number of nitrogens with one attached hydrogen (secondary N) is 2. The standard InChI is InChI=1S/C22H29N3O3S/c1-14-7-6-8-18(15(14)2)25-11-9-24(10-12-25)13-19(26)23-21-20(22(27)28-5)16(3)17(4)29-21/h6-8H,9-13H2,1-5H3,(H,23,26)/p+1. The number of hydrogen-bond acceptors (Lipinski definition) is 5. The summed E-state index contributed by atoms with van der Waals surface area (Å²) in [4.78, 5) is 29.4. The summed E-state index contributed by atoms with van der Waals surface area (Å²) in [5, 5.41) is 3.53. The highest BCUT2D eigenvalue weighted by Gasteiger charge is 2.26. The molecular formula is C22H30N3O3S+. The topological polar surface area (TPSA) is 63.1 Å². The Morgan fingerprint density at radius 3 is 2.48 bits per heavy atom. The van der Waals surface area contributed by atoms with Crippen LogP contribution in [0.2, 0.25) is 0 Å². The largest absolute Gasteiger partial charge is 0.465 e. The zero-order valence-corrected chi connectivity index (χ0v) is 18.7. The predicted octanol–water partition coefficient (Wildman–Crippen LogP) is 2.11. The Balaban J connectivity index is 1.59. The van der Waals surface area contributed by atoms with Crippen molar-refractivity contribution >= 4 is 33.9 Å². The van der Waals surface area contributed by atoms with Crippen molar-refractivity contribution in [3.8, 4) is 0 Å². The van der Waals surface area contributed by atoms with Crippen molar-refractivity contribution in [2.24, 2.45) is 0 Å². The summed E-state index contributed by atoms with van der Waals surface area (Å²) in [5.74, 6) is -0.469. The summed E-state index contributed by atoms with van der Waals surface area (Å²) >= 11 is 1.43. The average Bonchev–Trinajstić information content (AvgIpc) is 2.97. The van der Waals surface area contributed by atoms with Gasteiger partial charge in [0.25, 0.3) is 5.91 Å². The molecule has 7 heteroatoms. The molecule has 156 valence electrons. The number of anilines is 2. The minimum atomic E-state index is -0.406. The van der Waals surface area contributed by atoms with E-state index < -0.39 is 5.97 Å². The molecule has 1 amide bonds. The van der Waals surface area contributed by atoms with Crippen molar-refractivity contribution in [1.29, 1.82) is 0 Å². The van der Waals surface area contributed by atoms with Gasteiger partial charge in [0.1, 0.15) is 5.00 Å². The van der Waals surface area contributed by atoms with E-state index in [1.54, 1.807) is 0 Å². The van der Waals surface area contributed by atoms with Crippen LogP contribution in [0.5, 0.6) is 0 Å². The number of rotatable bonds is 5. The number of aryl methyl sites for hydroxylation is 2. The third-order valence-corrected chi connectivity index (χ3v) is 6.95. The maximum absolute atomic E-state index is 12.6. The van der Waals surface area contributed by atoms with E-state index in [-0.39, 0.29) is 5.91 Å². The molecule has 1 saturated heterocycles. The molecule has 2 N–H and O–H groups in total. The highest BCUT2D eigenvalue weighted by atomic mass is 32.1. The number of esters is 1. The Bertz CT molecular complexity index is 914. The summed E-state index contributed by atoms with van der Waals surface area (Å²) in [7, 11) is 1.36. The van der Waals surface area contributed by atoms with Gasteiger partial charge in [0.15, 0.2) is 6.54 Å². The molecule has 3 rings (SSSR count). The number of hydrogen-bond donors (Lipinski definition) is 2. The number of piperazine rings is 1. The minimum absolute atomic E-state index is 0.0633. The van der Waals surface area contributed by atoms with Gasteiger partial charge in [0, 0.05) is 10.6 Å². The Morgan fingerprint density at radius 1 is 1.14 bits per heavy atom. The van der Waals surface area contributed by atoms with Gasteiger partial charge >= 0.3 is 5.97 Å². The maximum atomic E-state index is 12.6. The number of nitrogens with zero attached hydrogens (tertiary/aromatic N) is 1. The van der Waals surface area contributed by atoms with Gasteiger partial charge in [-0.25, -0.2) is 4.79 Å². The number of benzene rings is 1. The molecule has 29 heavy (non-hydrogen) atoms. The molecule has 0 radical (unpaired) electrons. The quantitative estimate of drug-likeness (QED) is 0.733. The third-order valence-electron chi connectivity index (χ3n) is 5.83. The molecule has 0 aliphatic carbocycles. The molecule has 0 saturated carbocycles. The number of thiophene rings is 1. The lowest BCUT2D eigenvalue weighted by atomic mass is 10.1. The van der Waals surface area contributed by atoms with Crippen molar-refractivity contribution in [1.82, 2.24) is 0 Å². The molecule has 6 nitrogen and oxygen atoms in total. The van der Waals surface area contributed by atoms with E-state index >= 15 is 0 Å². The molecule has 1 aromatic carbocycles. The second-order valence-corrected chi connectivity index (χ2v) is 8.88. The summed E-state index contributed by atoms with van der Waals surface area (Å²) in [6.07, 6.45) is 0. The van der Waals surface area contributed by atoms with Gasteiger partial charge in [-0.15, -0.1) is 11.3 Å². The van der Waals surface area contributed by atoms with Crippen molar-refractivity contribution in [3.05, 3.63) is 45.3 Å². The summed E-state index contributed by atoms with van der Waals surface area (Å²) in [5.41, 5.74) is 5.26. The molecule has 1 aromatic heterocycles. The number of quaternary nitrogens is 1. The van der Waals surface area contributed by atoms with Gasteiger partial charge in [0.2, 0.25) is 0 Å². The maximum Gasteiger partial charge on any atom is 0.341 e. The van der Waals surface area contributed by atoms with Crippen LogP contribution in [0.25, 0.3) is 0 Å². The number of ether oxygens (including phenoxy) is 1. The lowest BCUT2D eigenvalue weighted by Gasteiger charge is -2.34. The average molecular weight is 417 g/mol. The SMILES string of the molecule is COC(=O)c1c(NC(=O)C[NH+]2CCN(c3cccc(C)c3C)CC2)sc(C)c1C. The Kier molecular flexibility index (Phi) is 6.59. The van der Waals surface area contributed by atoms with Crippen LogP contribution in [0.15, 0.2) is 18.2 Å². The van der Waals surface area contributed by atoms with E-state index in [9.17, 15) is 9.59 Å². The van der Waals surface area contributed by atoms with Crippen LogP contribution in [0.4, 0.5) is 10.7 Å². The van der Waals surface area contributed by atoms with Crippen LogP contribution in [-0.2, 0) is 9.53 Å². The molecular weight excluding hydrogens is 386 g/mol. The minimum Gasteiger partial charge on any atom is -0.465 e. The Labute approximate surface area is 176 Å². The fourth-order valence-corrected chi connectivity index (χ4v) is 4.84. The van der Waals surface area contributed by atoms with Gasteiger partial charge in [-0.2, -0.15) is 0 Å². The normalized spacial score (nSPS) is 14.7. The van der Waals surface area contributed by atoms with Crippen LogP contribution < -0.4 is 15.1 Å². The van der Waals surface area contributed by atoms with Crippen LogP contribution in [0.1, 0.15) is 31.9 Å². The van der Waals surface area contributed by atoms with Crippen molar-refractivity contribution in [2.45, 2.75) is 27.7 Å². The first kappa shape index (κ1) is 21.3. The molecule has 1 aliphatic rings. The van der Waals surface area contributed by atoms with Crippen LogP contribution in [0, 0.1) is 27.7 Å². The van der Waals surface area contributed by atoms with E-state index in [4.69, 9.17) is 4.74 Å². The predicted molar refractivity (Wildman–Crippen MR) is 117 cm³/mol.